The van der Waals surface area contributed by atoms with Crippen LogP contribution in [0.5, 0.6) is 0 Å². The summed E-state index contributed by atoms with van der Waals surface area (Å²) in [7, 11) is 1.65. The van der Waals surface area contributed by atoms with Crippen LogP contribution < -0.4 is 4.90 Å². The van der Waals surface area contributed by atoms with Gasteiger partial charge in [0.05, 0.1) is 13.6 Å². The summed E-state index contributed by atoms with van der Waals surface area (Å²) in [5.41, 5.74) is 1.63. The van der Waals surface area contributed by atoms with E-state index in [0.717, 1.165) is 9.35 Å². The molecule has 7 heteroatoms. The first-order valence-corrected chi connectivity index (χ1v) is 7.29. The van der Waals surface area contributed by atoms with E-state index in [-0.39, 0.29) is 11.6 Å². The van der Waals surface area contributed by atoms with E-state index < -0.39 is 4.92 Å². The molecule has 2 aromatic rings. The van der Waals surface area contributed by atoms with Crippen molar-refractivity contribution in [2.45, 2.75) is 6.92 Å². The van der Waals surface area contributed by atoms with E-state index in [1.807, 2.05) is 13.0 Å². The molecule has 0 saturated carbocycles. The highest BCUT2D eigenvalue weighted by Gasteiger charge is 2.17. The van der Waals surface area contributed by atoms with Crippen molar-refractivity contribution < 1.29 is 9.72 Å². The van der Waals surface area contributed by atoms with E-state index in [1.165, 1.54) is 28.4 Å². The third kappa shape index (κ3) is 2.88. The zero-order valence-corrected chi connectivity index (χ0v) is 13.2. The summed E-state index contributed by atoms with van der Waals surface area (Å²) in [5.74, 6) is -0.141. The lowest BCUT2D eigenvalue weighted by Crippen LogP contribution is -2.25. The first-order valence-electron chi connectivity index (χ1n) is 5.68. The number of nitro benzene ring substituents is 1. The van der Waals surface area contributed by atoms with Crippen LogP contribution in [0.15, 0.2) is 34.1 Å². The Hall–Kier alpha value is -1.73. The van der Waals surface area contributed by atoms with Gasteiger partial charge in [0, 0.05) is 24.9 Å². The number of carbonyl (C=O) groups is 1. The van der Waals surface area contributed by atoms with Crippen molar-refractivity contribution in [3.05, 3.63) is 54.7 Å². The highest BCUT2D eigenvalue weighted by atomic mass is 79.9. The summed E-state index contributed by atoms with van der Waals surface area (Å²) >= 11 is 4.76. The number of anilines is 1. The molecule has 1 aromatic carbocycles. The predicted octanol–water partition coefficient (Wildman–Crippen LogP) is 4.00. The molecule has 2 rings (SSSR count). The van der Waals surface area contributed by atoms with Gasteiger partial charge in [0.1, 0.15) is 0 Å². The van der Waals surface area contributed by atoms with Crippen molar-refractivity contribution >= 4 is 44.5 Å². The fourth-order valence-electron chi connectivity index (χ4n) is 1.65. The Labute approximate surface area is 128 Å². The van der Waals surface area contributed by atoms with Gasteiger partial charge in [0.15, 0.2) is 0 Å². The number of thiophene rings is 1. The molecule has 0 atom stereocenters. The topological polar surface area (TPSA) is 63.5 Å². The normalized spacial score (nSPS) is 10.3. The van der Waals surface area contributed by atoms with Gasteiger partial charge in [-0.1, -0.05) is 0 Å². The van der Waals surface area contributed by atoms with Crippen molar-refractivity contribution in [1.82, 2.24) is 0 Å². The number of nitro groups is 1. The molecule has 1 amide bonds. The number of nitrogens with zero attached hydrogens (tertiary/aromatic N) is 2. The molecule has 0 aliphatic heterocycles. The summed E-state index contributed by atoms with van der Waals surface area (Å²) in [5, 5.41) is 10.6. The zero-order valence-electron chi connectivity index (χ0n) is 10.8. The smallest absolute Gasteiger partial charge is 0.269 e. The molecule has 0 fully saturated rings. The van der Waals surface area contributed by atoms with E-state index in [1.54, 1.807) is 19.2 Å². The molecule has 0 bridgehead atoms. The van der Waals surface area contributed by atoms with Crippen LogP contribution in [0.25, 0.3) is 0 Å². The number of benzene rings is 1. The van der Waals surface area contributed by atoms with Crippen LogP contribution in [0.4, 0.5) is 11.4 Å². The van der Waals surface area contributed by atoms with Crippen LogP contribution in [0.3, 0.4) is 0 Å². The van der Waals surface area contributed by atoms with Gasteiger partial charge >= 0.3 is 0 Å². The van der Waals surface area contributed by atoms with E-state index in [9.17, 15) is 14.9 Å². The fraction of sp³-hybridized carbons (Fsp3) is 0.154. The Morgan fingerprint density at radius 3 is 2.40 bits per heavy atom. The standard InChI is InChI=1S/C13H11BrN2O3S/c1-8-7-11(20-12(8)14)13(17)15(2)9-3-5-10(6-4-9)16(18)19/h3-7H,1-2H3. The van der Waals surface area contributed by atoms with Crippen LogP contribution in [0.1, 0.15) is 15.2 Å². The Morgan fingerprint density at radius 1 is 1.35 bits per heavy atom. The van der Waals surface area contributed by atoms with Gasteiger partial charge in [-0.25, -0.2) is 0 Å². The molecule has 5 nitrogen and oxygen atoms in total. The van der Waals surface area contributed by atoms with Gasteiger partial charge < -0.3 is 4.90 Å². The lowest BCUT2D eigenvalue weighted by atomic mass is 10.2. The number of halogens is 1. The molecule has 0 aliphatic carbocycles. The average molecular weight is 355 g/mol. The molecule has 20 heavy (non-hydrogen) atoms. The van der Waals surface area contributed by atoms with Gasteiger partial charge in [-0.2, -0.15) is 0 Å². The van der Waals surface area contributed by atoms with Crippen LogP contribution in [0.2, 0.25) is 0 Å². The molecule has 1 aromatic heterocycles. The fourth-order valence-corrected chi connectivity index (χ4v) is 3.16. The number of hydrogen-bond donors (Lipinski definition) is 0. The maximum Gasteiger partial charge on any atom is 0.269 e. The van der Waals surface area contributed by atoms with Crippen LogP contribution in [-0.4, -0.2) is 17.9 Å². The van der Waals surface area contributed by atoms with Crippen molar-refractivity contribution in [1.29, 1.82) is 0 Å². The maximum absolute atomic E-state index is 12.3. The number of amides is 1. The molecule has 0 aliphatic rings. The summed E-state index contributed by atoms with van der Waals surface area (Å²) in [6.45, 7) is 1.92. The summed E-state index contributed by atoms with van der Waals surface area (Å²) < 4.78 is 0.929. The molecule has 1 heterocycles. The number of hydrogen-bond acceptors (Lipinski definition) is 4. The molecular weight excluding hydrogens is 344 g/mol. The second-order valence-electron chi connectivity index (χ2n) is 4.21. The van der Waals surface area contributed by atoms with E-state index in [0.29, 0.717) is 10.6 Å². The molecule has 0 saturated heterocycles. The first-order chi connectivity index (χ1) is 9.40. The molecule has 0 radical (unpaired) electrons. The Bertz CT molecular complexity index is 647. The Balaban J connectivity index is 2.24. The van der Waals surface area contributed by atoms with Crippen molar-refractivity contribution in [3.8, 4) is 0 Å². The number of aryl methyl sites for hydroxylation is 1. The second-order valence-corrected chi connectivity index (χ2v) is 6.58. The lowest BCUT2D eigenvalue weighted by Gasteiger charge is -2.16. The van der Waals surface area contributed by atoms with Gasteiger partial charge in [-0.05, 0) is 46.6 Å². The second kappa shape index (κ2) is 5.72. The SMILES string of the molecule is Cc1cc(C(=O)N(C)c2ccc([N+](=O)[O-])cc2)sc1Br. The molecule has 0 spiro atoms. The average Bonchev–Trinajstić information content (AvgIpc) is 2.77. The highest BCUT2D eigenvalue weighted by molar-refractivity contribution is 9.11. The molecule has 0 unspecified atom stereocenters. The van der Waals surface area contributed by atoms with Crippen LogP contribution in [-0.2, 0) is 0 Å². The largest absolute Gasteiger partial charge is 0.311 e. The van der Waals surface area contributed by atoms with Crippen LogP contribution >= 0.6 is 27.3 Å². The van der Waals surface area contributed by atoms with E-state index >= 15 is 0 Å². The minimum Gasteiger partial charge on any atom is -0.311 e. The Kier molecular flexibility index (Phi) is 4.20. The number of rotatable bonds is 3. The third-order valence-corrected chi connectivity index (χ3v) is 4.95. The van der Waals surface area contributed by atoms with Crippen LogP contribution in [0, 0.1) is 17.0 Å². The highest BCUT2D eigenvalue weighted by Crippen LogP contribution is 2.29. The minimum atomic E-state index is -0.467. The Morgan fingerprint density at radius 2 is 1.95 bits per heavy atom. The molecule has 0 N–H and O–H groups in total. The molecular formula is C13H11BrN2O3S. The summed E-state index contributed by atoms with van der Waals surface area (Å²) in [6, 6.07) is 7.71. The minimum absolute atomic E-state index is 0.00399. The van der Waals surface area contributed by atoms with Crippen molar-refractivity contribution in [2.24, 2.45) is 0 Å². The summed E-state index contributed by atoms with van der Waals surface area (Å²) in [4.78, 5) is 24.5. The van der Waals surface area contributed by atoms with Gasteiger partial charge in [-0.3, -0.25) is 14.9 Å². The van der Waals surface area contributed by atoms with Gasteiger partial charge in [0.2, 0.25) is 0 Å². The van der Waals surface area contributed by atoms with E-state index in [4.69, 9.17) is 0 Å². The predicted molar refractivity (Wildman–Crippen MR) is 82.6 cm³/mol. The van der Waals surface area contributed by atoms with Gasteiger partial charge in [0.25, 0.3) is 11.6 Å². The van der Waals surface area contributed by atoms with Crippen molar-refractivity contribution in [3.63, 3.8) is 0 Å². The number of carbonyl (C=O) groups excluding carboxylic acids is 1. The summed E-state index contributed by atoms with van der Waals surface area (Å²) in [6.07, 6.45) is 0. The maximum atomic E-state index is 12.3. The number of non-ortho nitro benzene ring substituents is 1. The lowest BCUT2D eigenvalue weighted by molar-refractivity contribution is -0.384. The quantitative estimate of drug-likeness (QED) is 0.617. The van der Waals surface area contributed by atoms with Gasteiger partial charge in [-0.15, -0.1) is 11.3 Å². The molecule has 104 valence electrons. The zero-order chi connectivity index (χ0) is 14.9. The monoisotopic (exact) mass is 354 g/mol. The third-order valence-electron chi connectivity index (χ3n) is 2.82. The van der Waals surface area contributed by atoms with Crippen molar-refractivity contribution in [2.75, 3.05) is 11.9 Å². The first kappa shape index (κ1) is 14.7. The van der Waals surface area contributed by atoms with E-state index in [2.05, 4.69) is 15.9 Å².